The van der Waals surface area contributed by atoms with E-state index in [4.69, 9.17) is 0 Å². The van der Waals surface area contributed by atoms with Gasteiger partial charge in [-0.05, 0) is 26.0 Å². The van der Waals surface area contributed by atoms with Crippen molar-refractivity contribution in [2.75, 3.05) is 31.1 Å². The van der Waals surface area contributed by atoms with E-state index in [1.165, 1.54) is 0 Å². The van der Waals surface area contributed by atoms with E-state index in [9.17, 15) is 0 Å². The second-order valence-electron chi connectivity index (χ2n) is 5.46. The van der Waals surface area contributed by atoms with E-state index in [2.05, 4.69) is 38.6 Å². The molecule has 1 aliphatic rings. The molecule has 5 heteroatoms. The van der Waals surface area contributed by atoms with Crippen molar-refractivity contribution in [1.29, 1.82) is 0 Å². The van der Waals surface area contributed by atoms with Crippen LogP contribution in [0.1, 0.15) is 13.8 Å². The number of anilines is 1. The summed E-state index contributed by atoms with van der Waals surface area (Å²) in [6.45, 7) is 8.74. The molecule has 0 radical (unpaired) electrons. The quantitative estimate of drug-likeness (QED) is 0.927. The molecule has 3 rings (SSSR count). The molecule has 1 aliphatic heterocycles. The normalized spacial score (nSPS) is 16.9. The first kappa shape index (κ1) is 13.1. The maximum Gasteiger partial charge on any atom is 0.147 e. The molecule has 5 nitrogen and oxygen atoms in total. The zero-order valence-corrected chi connectivity index (χ0v) is 12.1. The summed E-state index contributed by atoms with van der Waals surface area (Å²) in [4.78, 5) is 17.0. The number of hydrogen-bond donors (Lipinski definition) is 1. The molecule has 2 aromatic rings. The Kier molecular flexibility index (Phi) is 3.69. The Balaban J connectivity index is 1.67. The van der Waals surface area contributed by atoms with Gasteiger partial charge in [0.15, 0.2) is 0 Å². The van der Waals surface area contributed by atoms with Gasteiger partial charge in [-0.1, -0.05) is 0 Å². The summed E-state index contributed by atoms with van der Waals surface area (Å²) < 4.78 is 0. The van der Waals surface area contributed by atoms with Crippen molar-refractivity contribution < 1.29 is 0 Å². The topological polar surface area (TPSA) is 48.0 Å². The van der Waals surface area contributed by atoms with Gasteiger partial charge in [-0.2, -0.15) is 0 Å². The van der Waals surface area contributed by atoms with E-state index < -0.39 is 0 Å². The lowest BCUT2D eigenvalue weighted by Gasteiger charge is -2.37. The lowest BCUT2D eigenvalue weighted by molar-refractivity contribution is 0.209. The molecule has 2 aromatic heterocycles. The molecule has 0 unspecified atom stereocenters. The van der Waals surface area contributed by atoms with Crippen molar-refractivity contribution >= 4 is 5.82 Å². The first-order chi connectivity index (χ1) is 9.74. The molecule has 1 N–H and O–H groups in total. The van der Waals surface area contributed by atoms with Gasteiger partial charge in [0.05, 0.1) is 18.1 Å². The molecule has 0 aliphatic carbocycles. The number of nitrogens with one attached hydrogen (secondary N) is 1. The standard InChI is InChI=1S/C15H21N5/c1-12(2)19-6-8-20(9-7-19)15-11-17-14(10-18-15)13-4-3-5-16-13/h3-5,10-12,16H,6-9H2,1-2H3. The van der Waals surface area contributed by atoms with Crippen LogP contribution in [0.15, 0.2) is 30.7 Å². The third kappa shape index (κ3) is 2.67. The van der Waals surface area contributed by atoms with Gasteiger partial charge >= 0.3 is 0 Å². The molecule has 20 heavy (non-hydrogen) atoms. The van der Waals surface area contributed by atoms with Crippen LogP contribution in [0.5, 0.6) is 0 Å². The second kappa shape index (κ2) is 5.63. The molecule has 106 valence electrons. The largest absolute Gasteiger partial charge is 0.360 e. The Labute approximate surface area is 119 Å². The maximum absolute atomic E-state index is 4.55. The Morgan fingerprint density at radius 2 is 1.90 bits per heavy atom. The van der Waals surface area contributed by atoms with Gasteiger partial charge in [0.2, 0.25) is 0 Å². The molecule has 0 amide bonds. The summed E-state index contributed by atoms with van der Waals surface area (Å²) >= 11 is 0. The predicted octanol–water partition coefficient (Wildman–Crippen LogP) is 2.00. The lowest BCUT2D eigenvalue weighted by atomic mass is 10.2. The van der Waals surface area contributed by atoms with E-state index in [0.29, 0.717) is 6.04 Å². The third-order valence-electron chi connectivity index (χ3n) is 3.88. The average molecular weight is 271 g/mol. The fourth-order valence-corrected chi connectivity index (χ4v) is 2.58. The van der Waals surface area contributed by atoms with E-state index in [1.54, 1.807) is 0 Å². The summed E-state index contributed by atoms with van der Waals surface area (Å²) in [5.74, 6) is 0.976. The van der Waals surface area contributed by atoms with Crippen molar-refractivity contribution in [3.8, 4) is 11.4 Å². The molecule has 0 saturated carbocycles. The Morgan fingerprint density at radius 1 is 1.10 bits per heavy atom. The van der Waals surface area contributed by atoms with Gasteiger partial charge in [0, 0.05) is 38.4 Å². The fraction of sp³-hybridized carbons (Fsp3) is 0.467. The summed E-state index contributed by atoms with van der Waals surface area (Å²) in [5.41, 5.74) is 1.90. The van der Waals surface area contributed by atoms with Crippen LogP contribution in [0.25, 0.3) is 11.4 Å². The van der Waals surface area contributed by atoms with Gasteiger partial charge in [0.25, 0.3) is 0 Å². The third-order valence-corrected chi connectivity index (χ3v) is 3.88. The molecule has 0 spiro atoms. The number of H-pyrrole nitrogens is 1. The Bertz CT molecular complexity index is 524. The number of rotatable bonds is 3. The van der Waals surface area contributed by atoms with Gasteiger partial charge in [-0.15, -0.1) is 0 Å². The number of nitrogens with zero attached hydrogens (tertiary/aromatic N) is 4. The number of aromatic amines is 1. The molecule has 3 heterocycles. The highest BCUT2D eigenvalue weighted by atomic mass is 15.3. The van der Waals surface area contributed by atoms with Crippen molar-refractivity contribution in [3.05, 3.63) is 30.7 Å². The minimum Gasteiger partial charge on any atom is -0.360 e. The monoisotopic (exact) mass is 271 g/mol. The predicted molar refractivity (Wildman–Crippen MR) is 80.7 cm³/mol. The summed E-state index contributed by atoms with van der Waals surface area (Å²) in [5, 5.41) is 0. The van der Waals surface area contributed by atoms with Crippen molar-refractivity contribution in [2.45, 2.75) is 19.9 Å². The van der Waals surface area contributed by atoms with Crippen LogP contribution in [0.2, 0.25) is 0 Å². The van der Waals surface area contributed by atoms with E-state index >= 15 is 0 Å². The fourth-order valence-electron chi connectivity index (χ4n) is 2.58. The van der Waals surface area contributed by atoms with Gasteiger partial charge in [-0.25, -0.2) is 9.97 Å². The van der Waals surface area contributed by atoms with Crippen LogP contribution in [-0.2, 0) is 0 Å². The van der Waals surface area contributed by atoms with Crippen molar-refractivity contribution in [3.63, 3.8) is 0 Å². The zero-order valence-electron chi connectivity index (χ0n) is 12.1. The highest BCUT2D eigenvalue weighted by Gasteiger charge is 2.19. The number of piperazine rings is 1. The zero-order chi connectivity index (χ0) is 13.9. The lowest BCUT2D eigenvalue weighted by Crippen LogP contribution is -2.49. The average Bonchev–Trinajstić information content (AvgIpc) is 3.02. The number of hydrogen-bond acceptors (Lipinski definition) is 4. The van der Waals surface area contributed by atoms with Crippen LogP contribution < -0.4 is 4.90 Å². The van der Waals surface area contributed by atoms with Gasteiger partial charge in [0.1, 0.15) is 11.5 Å². The van der Waals surface area contributed by atoms with Crippen LogP contribution >= 0.6 is 0 Å². The molecular weight excluding hydrogens is 250 g/mol. The molecule has 0 aromatic carbocycles. The second-order valence-corrected chi connectivity index (χ2v) is 5.46. The van der Waals surface area contributed by atoms with Crippen LogP contribution in [0, 0.1) is 0 Å². The molecule has 0 bridgehead atoms. The highest BCUT2D eigenvalue weighted by Crippen LogP contribution is 2.17. The first-order valence-corrected chi connectivity index (χ1v) is 7.19. The van der Waals surface area contributed by atoms with E-state index in [1.807, 2.05) is 30.7 Å². The van der Waals surface area contributed by atoms with E-state index in [0.717, 1.165) is 43.4 Å². The van der Waals surface area contributed by atoms with Gasteiger partial charge in [-0.3, -0.25) is 4.90 Å². The smallest absolute Gasteiger partial charge is 0.147 e. The van der Waals surface area contributed by atoms with Crippen LogP contribution in [0.4, 0.5) is 5.82 Å². The number of aromatic nitrogens is 3. The minimum absolute atomic E-state index is 0.624. The summed E-state index contributed by atoms with van der Waals surface area (Å²) in [6.07, 6.45) is 5.62. The molecule has 0 atom stereocenters. The first-order valence-electron chi connectivity index (χ1n) is 7.19. The molecule has 1 saturated heterocycles. The summed E-state index contributed by atoms with van der Waals surface area (Å²) in [6, 6.07) is 4.60. The Morgan fingerprint density at radius 3 is 2.45 bits per heavy atom. The van der Waals surface area contributed by atoms with Gasteiger partial charge < -0.3 is 9.88 Å². The Hall–Kier alpha value is -1.88. The minimum atomic E-state index is 0.624. The van der Waals surface area contributed by atoms with Crippen LogP contribution in [0.3, 0.4) is 0 Å². The molecule has 1 fully saturated rings. The van der Waals surface area contributed by atoms with Crippen molar-refractivity contribution in [2.24, 2.45) is 0 Å². The maximum atomic E-state index is 4.55. The van der Waals surface area contributed by atoms with E-state index in [-0.39, 0.29) is 0 Å². The highest BCUT2D eigenvalue weighted by molar-refractivity contribution is 5.54. The summed E-state index contributed by atoms with van der Waals surface area (Å²) in [7, 11) is 0. The van der Waals surface area contributed by atoms with Crippen molar-refractivity contribution in [1.82, 2.24) is 19.9 Å². The molecular formula is C15H21N5. The van der Waals surface area contributed by atoms with Crippen LogP contribution in [-0.4, -0.2) is 52.1 Å². The SMILES string of the molecule is CC(C)N1CCN(c2cnc(-c3ccc[nH]3)cn2)CC1.